The minimum Gasteiger partial charge on any atom is -0.379 e. The van der Waals surface area contributed by atoms with E-state index < -0.39 is 0 Å². The number of hydrogen-bond acceptors (Lipinski definition) is 3. The van der Waals surface area contributed by atoms with E-state index in [1.165, 1.54) is 19.2 Å². The summed E-state index contributed by atoms with van der Waals surface area (Å²) in [5.74, 6) is 0. The Labute approximate surface area is 92.9 Å². The highest BCUT2D eigenvalue weighted by molar-refractivity contribution is 5.72. The highest BCUT2D eigenvalue weighted by Crippen LogP contribution is 2.09. The van der Waals surface area contributed by atoms with Gasteiger partial charge in [-0.3, -0.25) is 4.79 Å². The number of hydrogen-bond donors (Lipinski definition) is 2. The molecule has 0 bridgehead atoms. The SMILES string of the molecule is C[C@@H]1CCCO1.O=c1[nH]cnc2cc[nH]c12. The number of aromatic nitrogens is 3. The van der Waals surface area contributed by atoms with Crippen molar-refractivity contribution in [3.8, 4) is 0 Å². The van der Waals surface area contributed by atoms with Crippen molar-refractivity contribution in [1.82, 2.24) is 15.0 Å². The zero-order valence-corrected chi connectivity index (χ0v) is 9.19. The van der Waals surface area contributed by atoms with Crippen molar-refractivity contribution in [3.05, 3.63) is 28.9 Å². The van der Waals surface area contributed by atoms with E-state index in [1.807, 2.05) is 0 Å². The molecule has 1 fully saturated rings. The smallest absolute Gasteiger partial charge is 0.275 e. The molecule has 1 aliphatic rings. The van der Waals surface area contributed by atoms with Gasteiger partial charge in [0, 0.05) is 12.8 Å². The molecule has 5 heteroatoms. The second kappa shape index (κ2) is 4.94. The van der Waals surface area contributed by atoms with Crippen molar-refractivity contribution in [2.24, 2.45) is 0 Å². The van der Waals surface area contributed by atoms with Crippen molar-refractivity contribution < 1.29 is 4.74 Å². The monoisotopic (exact) mass is 221 g/mol. The van der Waals surface area contributed by atoms with E-state index >= 15 is 0 Å². The van der Waals surface area contributed by atoms with Crippen LogP contribution in [0.15, 0.2) is 23.4 Å². The zero-order chi connectivity index (χ0) is 11.4. The van der Waals surface area contributed by atoms with Crippen molar-refractivity contribution in [1.29, 1.82) is 0 Å². The number of H-pyrrole nitrogens is 2. The molecule has 1 saturated heterocycles. The van der Waals surface area contributed by atoms with Gasteiger partial charge < -0.3 is 14.7 Å². The van der Waals surface area contributed by atoms with Gasteiger partial charge in [0.25, 0.3) is 5.56 Å². The predicted octanol–water partition coefficient (Wildman–Crippen LogP) is 1.44. The van der Waals surface area contributed by atoms with Gasteiger partial charge in [0.2, 0.25) is 0 Å². The van der Waals surface area contributed by atoms with E-state index in [2.05, 4.69) is 21.9 Å². The van der Waals surface area contributed by atoms with Gasteiger partial charge in [0.05, 0.1) is 17.9 Å². The van der Waals surface area contributed by atoms with Crippen LogP contribution in [0.1, 0.15) is 19.8 Å². The molecule has 3 heterocycles. The van der Waals surface area contributed by atoms with Crippen LogP contribution in [0.2, 0.25) is 0 Å². The highest BCUT2D eigenvalue weighted by atomic mass is 16.5. The number of nitrogens with zero attached hydrogens (tertiary/aromatic N) is 1. The fourth-order valence-electron chi connectivity index (χ4n) is 1.62. The summed E-state index contributed by atoms with van der Waals surface area (Å²) in [6, 6.07) is 1.75. The summed E-state index contributed by atoms with van der Waals surface area (Å²) in [5, 5.41) is 0. The fraction of sp³-hybridized carbons (Fsp3) is 0.455. The molecule has 2 aromatic rings. The van der Waals surface area contributed by atoms with Crippen LogP contribution in [0.4, 0.5) is 0 Å². The normalized spacial score (nSPS) is 19.4. The predicted molar refractivity (Wildman–Crippen MR) is 61.4 cm³/mol. The summed E-state index contributed by atoms with van der Waals surface area (Å²) >= 11 is 0. The maximum Gasteiger partial charge on any atom is 0.275 e. The number of ether oxygens (including phenoxy) is 1. The molecule has 0 saturated carbocycles. The molecule has 0 aliphatic carbocycles. The van der Waals surface area contributed by atoms with E-state index in [0.29, 0.717) is 17.1 Å². The maximum atomic E-state index is 10.9. The third-order valence-electron chi connectivity index (χ3n) is 2.51. The summed E-state index contributed by atoms with van der Waals surface area (Å²) in [6.45, 7) is 3.11. The Morgan fingerprint density at radius 2 is 2.38 bits per heavy atom. The average molecular weight is 221 g/mol. The number of aromatic amines is 2. The van der Waals surface area contributed by atoms with E-state index in [-0.39, 0.29) is 5.56 Å². The fourth-order valence-corrected chi connectivity index (χ4v) is 1.62. The van der Waals surface area contributed by atoms with Crippen LogP contribution in [-0.4, -0.2) is 27.7 Å². The molecule has 0 radical (unpaired) electrons. The first-order chi connectivity index (χ1) is 7.77. The molecule has 86 valence electrons. The molecule has 0 unspecified atom stereocenters. The Kier molecular flexibility index (Phi) is 3.36. The second-order valence-corrected chi connectivity index (χ2v) is 3.79. The number of nitrogens with one attached hydrogen (secondary N) is 2. The topological polar surface area (TPSA) is 70.8 Å². The van der Waals surface area contributed by atoms with Crippen LogP contribution in [0.5, 0.6) is 0 Å². The minimum absolute atomic E-state index is 0.130. The Hall–Kier alpha value is -1.62. The standard InChI is InChI=1S/C6H5N3O.C5H10O/c10-6-5-4(1-2-7-5)8-3-9-6;1-5-3-2-4-6-5/h1-3,7H,(H,8,9,10);5H,2-4H2,1H3/t;5-/m.1/s1. The quantitative estimate of drug-likeness (QED) is 0.707. The highest BCUT2D eigenvalue weighted by Gasteiger charge is 2.07. The first-order valence-electron chi connectivity index (χ1n) is 5.40. The molecule has 1 atom stereocenters. The second-order valence-electron chi connectivity index (χ2n) is 3.79. The van der Waals surface area contributed by atoms with Gasteiger partial charge in [0.15, 0.2) is 0 Å². The molecule has 5 nitrogen and oxygen atoms in total. The average Bonchev–Trinajstić information content (AvgIpc) is 2.90. The third-order valence-corrected chi connectivity index (χ3v) is 2.51. The molecule has 0 amide bonds. The Morgan fingerprint density at radius 3 is 2.94 bits per heavy atom. The Balaban J connectivity index is 0.000000138. The lowest BCUT2D eigenvalue weighted by Gasteiger charge is -1.94. The molecule has 0 aromatic carbocycles. The van der Waals surface area contributed by atoms with E-state index in [1.54, 1.807) is 12.3 Å². The van der Waals surface area contributed by atoms with Crippen LogP contribution in [0.25, 0.3) is 11.0 Å². The van der Waals surface area contributed by atoms with Crippen molar-refractivity contribution in [3.63, 3.8) is 0 Å². The van der Waals surface area contributed by atoms with Gasteiger partial charge in [-0.15, -0.1) is 0 Å². The Bertz CT molecular complexity index is 497. The van der Waals surface area contributed by atoms with Gasteiger partial charge in [-0.25, -0.2) is 4.98 Å². The molecular formula is C11H15N3O2. The van der Waals surface area contributed by atoms with Crippen LogP contribution in [-0.2, 0) is 4.74 Å². The van der Waals surface area contributed by atoms with Gasteiger partial charge in [-0.2, -0.15) is 0 Å². The van der Waals surface area contributed by atoms with Crippen LogP contribution < -0.4 is 5.56 Å². The number of fused-ring (bicyclic) bond motifs is 1. The third kappa shape index (κ3) is 2.49. The summed E-state index contributed by atoms with van der Waals surface area (Å²) in [6.07, 6.45) is 6.15. The lowest BCUT2D eigenvalue weighted by Crippen LogP contribution is -2.05. The summed E-state index contributed by atoms with van der Waals surface area (Å²) in [5.41, 5.74) is 1.10. The minimum atomic E-state index is -0.130. The maximum absolute atomic E-state index is 10.9. The molecule has 16 heavy (non-hydrogen) atoms. The molecule has 3 rings (SSSR count). The first-order valence-corrected chi connectivity index (χ1v) is 5.40. The van der Waals surface area contributed by atoms with Crippen molar-refractivity contribution in [2.75, 3.05) is 6.61 Å². The molecular weight excluding hydrogens is 206 g/mol. The van der Waals surface area contributed by atoms with Crippen LogP contribution >= 0.6 is 0 Å². The van der Waals surface area contributed by atoms with Gasteiger partial charge >= 0.3 is 0 Å². The molecule has 1 aliphatic heterocycles. The summed E-state index contributed by atoms with van der Waals surface area (Å²) in [4.78, 5) is 20.1. The number of rotatable bonds is 0. The molecule has 0 spiro atoms. The van der Waals surface area contributed by atoms with E-state index in [9.17, 15) is 4.79 Å². The lowest BCUT2D eigenvalue weighted by molar-refractivity contribution is 0.125. The van der Waals surface area contributed by atoms with Crippen molar-refractivity contribution in [2.45, 2.75) is 25.9 Å². The lowest BCUT2D eigenvalue weighted by atomic mass is 10.3. The van der Waals surface area contributed by atoms with Gasteiger partial charge in [0.1, 0.15) is 5.52 Å². The first kappa shape index (κ1) is 10.9. The zero-order valence-electron chi connectivity index (χ0n) is 9.19. The van der Waals surface area contributed by atoms with E-state index in [0.717, 1.165) is 6.61 Å². The van der Waals surface area contributed by atoms with Gasteiger partial charge in [-0.1, -0.05) is 0 Å². The van der Waals surface area contributed by atoms with Gasteiger partial charge in [-0.05, 0) is 25.8 Å². The van der Waals surface area contributed by atoms with E-state index in [4.69, 9.17) is 4.74 Å². The summed E-state index contributed by atoms with van der Waals surface area (Å²) in [7, 11) is 0. The Morgan fingerprint density at radius 1 is 1.50 bits per heavy atom. The van der Waals surface area contributed by atoms with Crippen LogP contribution in [0.3, 0.4) is 0 Å². The largest absolute Gasteiger partial charge is 0.379 e. The van der Waals surface area contributed by atoms with Crippen LogP contribution in [0, 0.1) is 0 Å². The molecule has 2 N–H and O–H groups in total. The summed E-state index contributed by atoms with van der Waals surface area (Å²) < 4.78 is 5.15. The molecule has 2 aromatic heterocycles. The van der Waals surface area contributed by atoms with Crippen molar-refractivity contribution >= 4 is 11.0 Å².